The highest BCUT2D eigenvalue weighted by Gasteiger charge is 2.26. The zero-order valence-electron chi connectivity index (χ0n) is 11.0. The van der Waals surface area contributed by atoms with Gasteiger partial charge in [0.2, 0.25) is 0 Å². The Morgan fingerprint density at radius 3 is 2.89 bits per heavy atom. The lowest BCUT2D eigenvalue weighted by Gasteiger charge is -2.21. The second kappa shape index (κ2) is 4.23. The number of aromatic nitrogens is 1. The van der Waals surface area contributed by atoms with Gasteiger partial charge in [-0.05, 0) is 17.9 Å². The minimum atomic E-state index is -0.809. The summed E-state index contributed by atoms with van der Waals surface area (Å²) in [6, 6.07) is 5.93. The van der Waals surface area contributed by atoms with Crippen LogP contribution in [0.3, 0.4) is 0 Å². The molecule has 4 heteroatoms. The van der Waals surface area contributed by atoms with Crippen LogP contribution < -0.4 is 0 Å². The summed E-state index contributed by atoms with van der Waals surface area (Å²) in [6.07, 6.45) is 2.83. The fourth-order valence-electron chi connectivity index (χ4n) is 2.84. The molecule has 0 fully saturated rings. The fraction of sp³-hybridized carbons (Fsp3) is 0.333. The number of benzene rings is 1. The molecule has 1 aliphatic rings. The van der Waals surface area contributed by atoms with Gasteiger partial charge in [0.1, 0.15) is 0 Å². The second-order valence-corrected chi connectivity index (χ2v) is 4.99. The molecule has 1 aromatic heterocycles. The normalized spacial score (nSPS) is 17.5. The van der Waals surface area contributed by atoms with Gasteiger partial charge in [-0.25, -0.2) is 4.79 Å². The van der Waals surface area contributed by atoms with Gasteiger partial charge in [0.25, 0.3) is 5.78 Å². The summed E-state index contributed by atoms with van der Waals surface area (Å²) in [5, 5.41) is 0.847. The number of carbonyl (C=O) groups excluding carboxylic acids is 2. The number of ketones is 1. The first-order valence-corrected chi connectivity index (χ1v) is 6.38. The van der Waals surface area contributed by atoms with Crippen LogP contribution in [-0.2, 0) is 16.1 Å². The van der Waals surface area contributed by atoms with Crippen molar-refractivity contribution in [1.82, 2.24) is 4.57 Å². The molecule has 3 rings (SSSR count). The predicted molar refractivity (Wildman–Crippen MR) is 71.3 cm³/mol. The third kappa shape index (κ3) is 1.67. The minimum absolute atomic E-state index is 0.442. The van der Waals surface area contributed by atoms with Gasteiger partial charge in [0, 0.05) is 18.1 Å². The van der Waals surface area contributed by atoms with Crippen molar-refractivity contribution >= 4 is 22.7 Å². The molecule has 1 unspecified atom stereocenters. The van der Waals surface area contributed by atoms with Gasteiger partial charge in [-0.2, -0.15) is 0 Å². The molecule has 1 aromatic carbocycles. The standard InChI is InChI=1S/C15H15NO3/c1-9-6-7-16-8-12(14(17)15(18)19-2)11-5-3-4-10(9)13(11)16/h3-5,8-9H,6-7H2,1-2H3. The fourth-order valence-corrected chi connectivity index (χ4v) is 2.84. The molecular weight excluding hydrogens is 242 g/mol. The predicted octanol–water partition coefficient (Wildman–Crippen LogP) is 2.50. The van der Waals surface area contributed by atoms with E-state index in [0.717, 1.165) is 23.9 Å². The smallest absolute Gasteiger partial charge is 0.379 e. The van der Waals surface area contributed by atoms with E-state index in [4.69, 9.17) is 0 Å². The van der Waals surface area contributed by atoms with Crippen LogP contribution in [0.2, 0.25) is 0 Å². The number of aryl methyl sites for hydroxylation is 1. The van der Waals surface area contributed by atoms with Crippen LogP contribution >= 0.6 is 0 Å². The number of para-hydroxylation sites is 1. The Balaban J connectivity index is 2.25. The lowest BCUT2D eigenvalue weighted by atomic mass is 9.92. The van der Waals surface area contributed by atoms with E-state index in [9.17, 15) is 9.59 Å². The van der Waals surface area contributed by atoms with E-state index in [1.165, 1.54) is 12.7 Å². The van der Waals surface area contributed by atoms with Gasteiger partial charge < -0.3 is 9.30 Å². The number of rotatable bonds is 2. The molecule has 0 saturated carbocycles. The number of esters is 1. The molecule has 4 nitrogen and oxygen atoms in total. The number of nitrogens with zero attached hydrogens (tertiary/aromatic N) is 1. The van der Waals surface area contributed by atoms with E-state index in [0.29, 0.717) is 11.5 Å². The molecule has 0 radical (unpaired) electrons. The van der Waals surface area contributed by atoms with E-state index in [-0.39, 0.29) is 0 Å². The summed E-state index contributed by atoms with van der Waals surface area (Å²) < 4.78 is 6.60. The van der Waals surface area contributed by atoms with E-state index in [1.54, 1.807) is 6.20 Å². The monoisotopic (exact) mass is 257 g/mol. The average molecular weight is 257 g/mol. The first-order chi connectivity index (χ1) is 9.13. The summed E-state index contributed by atoms with van der Waals surface area (Å²) in [5.74, 6) is -0.901. The largest absolute Gasteiger partial charge is 0.463 e. The Kier molecular flexibility index (Phi) is 2.66. The Bertz CT molecular complexity index is 684. The second-order valence-electron chi connectivity index (χ2n) is 4.99. The highest BCUT2D eigenvalue weighted by molar-refractivity contribution is 6.43. The van der Waals surface area contributed by atoms with E-state index >= 15 is 0 Å². The molecule has 19 heavy (non-hydrogen) atoms. The van der Waals surface area contributed by atoms with E-state index < -0.39 is 11.8 Å². The van der Waals surface area contributed by atoms with Crippen LogP contribution in [-0.4, -0.2) is 23.4 Å². The summed E-state index contributed by atoms with van der Waals surface area (Å²) in [5.41, 5.74) is 2.76. The Morgan fingerprint density at radius 2 is 2.16 bits per heavy atom. The van der Waals surface area contributed by atoms with Gasteiger partial charge >= 0.3 is 5.97 Å². The van der Waals surface area contributed by atoms with Crippen molar-refractivity contribution in [2.24, 2.45) is 0 Å². The molecule has 98 valence electrons. The van der Waals surface area contributed by atoms with Crippen LogP contribution in [0, 0.1) is 0 Å². The van der Waals surface area contributed by atoms with Crippen LogP contribution in [0.1, 0.15) is 35.2 Å². The zero-order valence-corrected chi connectivity index (χ0v) is 11.0. The van der Waals surface area contributed by atoms with Gasteiger partial charge in [0.05, 0.1) is 18.2 Å². The van der Waals surface area contributed by atoms with Crippen molar-refractivity contribution in [1.29, 1.82) is 0 Å². The molecule has 2 heterocycles. The number of ether oxygens (including phenoxy) is 1. The summed E-state index contributed by atoms with van der Waals surface area (Å²) in [6.45, 7) is 3.07. The maximum absolute atomic E-state index is 12.0. The Hall–Kier alpha value is -2.10. The first kappa shape index (κ1) is 12.0. The van der Waals surface area contributed by atoms with Crippen molar-refractivity contribution in [3.63, 3.8) is 0 Å². The summed E-state index contributed by atoms with van der Waals surface area (Å²) >= 11 is 0. The van der Waals surface area contributed by atoms with Crippen molar-refractivity contribution in [3.8, 4) is 0 Å². The van der Waals surface area contributed by atoms with Crippen molar-refractivity contribution in [3.05, 3.63) is 35.5 Å². The molecule has 0 N–H and O–H groups in total. The highest BCUT2D eigenvalue weighted by Crippen LogP contribution is 2.35. The first-order valence-electron chi connectivity index (χ1n) is 6.38. The van der Waals surface area contributed by atoms with Crippen LogP contribution in [0.4, 0.5) is 0 Å². The topological polar surface area (TPSA) is 48.3 Å². The van der Waals surface area contributed by atoms with Crippen molar-refractivity contribution in [2.45, 2.75) is 25.8 Å². The molecule has 0 saturated heterocycles. The number of carbonyl (C=O) groups is 2. The molecular formula is C15H15NO3. The molecule has 1 atom stereocenters. The minimum Gasteiger partial charge on any atom is -0.463 e. The summed E-state index contributed by atoms with van der Waals surface area (Å²) in [4.78, 5) is 23.5. The highest BCUT2D eigenvalue weighted by atomic mass is 16.5. The van der Waals surface area contributed by atoms with Crippen LogP contribution in [0.25, 0.3) is 10.9 Å². The van der Waals surface area contributed by atoms with Crippen molar-refractivity contribution < 1.29 is 14.3 Å². The lowest BCUT2D eigenvalue weighted by molar-refractivity contribution is -0.135. The SMILES string of the molecule is COC(=O)C(=O)c1cn2c3c(cccc13)C(C)CC2. The number of hydrogen-bond acceptors (Lipinski definition) is 3. The third-order valence-corrected chi connectivity index (χ3v) is 3.88. The van der Waals surface area contributed by atoms with Crippen molar-refractivity contribution in [2.75, 3.05) is 7.11 Å². The zero-order chi connectivity index (χ0) is 13.6. The number of Topliss-reactive ketones (excluding diaryl/α,β-unsaturated/α-hetero) is 1. The van der Waals surface area contributed by atoms with Gasteiger partial charge in [-0.1, -0.05) is 25.1 Å². The number of methoxy groups -OCH3 is 1. The van der Waals surface area contributed by atoms with Crippen LogP contribution in [0.15, 0.2) is 24.4 Å². The average Bonchev–Trinajstić information content (AvgIpc) is 2.81. The maximum atomic E-state index is 12.0. The quantitative estimate of drug-likeness (QED) is 0.472. The van der Waals surface area contributed by atoms with E-state index in [1.807, 2.05) is 12.1 Å². The molecule has 0 spiro atoms. The Morgan fingerprint density at radius 1 is 1.37 bits per heavy atom. The Labute approximate surface area is 111 Å². The van der Waals surface area contributed by atoms with Gasteiger partial charge in [0.15, 0.2) is 0 Å². The van der Waals surface area contributed by atoms with E-state index in [2.05, 4.69) is 22.3 Å². The van der Waals surface area contributed by atoms with Gasteiger partial charge in [-0.3, -0.25) is 4.79 Å². The lowest BCUT2D eigenvalue weighted by Crippen LogP contribution is -2.15. The molecule has 2 aromatic rings. The third-order valence-electron chi connectivity index (χ3n) is 3.88. The number of hydrogen-bond donors (Lipinski definition) is 0. The molecule has 0 aliphatic carbocycles. The molecule has 1 aliphatic heterocycles. The summed E-state index contributed by atoms with van der Waals surface area (Å²) in [7, 11) is 1.23. The maximum Gasteiger partial charge on any atom is 0.379 e. The van der Waals surface area contributed by atoms with Gasteiger partial charge in [-0.15, -0.1) is 0 Å². The van der Waals surface area contributed by atoms with Crippen LogP contribution in [0.5, 0.6) is 0 Å². The molecule has 0 amide bonds. The molecule has 0 bridgehead atoms.